The van der Waals surface area contributed by atoms with Crippen molar-refractivity contribution in [2.75, 3.05) is 24.7 Å². The van der Waals surface area contributed by atoms with Crippen molar-refractivity contribution in [2.45, 2.75) is 18.4 Å². The molecule has 9 nitrogen and oxygen atoms in total. The number of fused-ring (bicyclic) bond motifs is 3. The van der Waals surface area contributed by atoms with E-state index in [9.17, 15) is 22.8 Å². The van der Waals surface area contributed by atoms with Crippen molar-refractivity contribution < 1.29 is 32.6 Å². The SMILES string of the molecule is O=C(O)CC(NC(=O)OCC1c2ccccc2-c2ccccc21)C(=O)NCC1CS(=O)(=O)C1. The fraction of sp³-hybridized carbons (Fsp3) is 0.348. The van der Waals surface area contributed by atoms with Crippen LogP contribution in [0.3, 0.4) is 0 Å². The van der Waals surface area contributed by atoms with E-state index in [2.05, 4.69) is 10.6 Å². The number of aliphatic carboxylic acids is 1. The lowest BCUT2D eigenvalue weighted by Gasteiger charge is -2.26. The predicted molar refractivity (Wildman–Crippen MR) is 119 cm³/mol. The molecule has 1 aliphatic carbocycles. The maximum Gasteiger partial charge on any atom is 0.407 e. The van der Waals surface area contributed by atoms with Gasteiger partial charge in [0, 0.05) is 18.4 Å². The molecule has 0 bridgehead atoms. The van der Waals surface area contributed by atoms with Crippen molar-refractivity contribution in [3.8, 4) is 11.1 Å². The van der Waals surface area contributed by atoms with Crippen LogP contribution in [0.4, 0.5) is 4.79 Å². The number of carbonyl (C=O) groups excluding carboxylic acids is 2. The first-order chi connectivity index (χ1) is 15.7. The Morgan fingerprint density at radius 1 is 1.00 bits per heavy atom. The van der Waals surface area contributed by atoms with E-state index in [0.29, 0.717) is 0 Å². The van der Waals surface area contributed by atoms with Crippen molar-refractivity contribution in [3.63, 3.8) is 0 Å². The van der Waals surface area contributed by atoms with Crippen molar-refractivity contribution >= 4 is 27.8 Å². The lowest BCUT2D eigenvalue weighted by Crippen LogP contribution is -2.51. The summed E-state index contributed by atoms with van der Waals surface area (Å²) in [7, 11) is -3.03. The van der Waals surface area contributed by atoms with E-state index in [4.69, 9.17) is 9.84 Å². The number of sulfone groups is 1. The molecule has 0 spiro atoms. The molecule has 1 saturated heterocycles. The number of carboxylic acid groups (broad SMARTS) is 1. The minimum Gasteiger partial charge on any atom is -0.481 e. The molecule has 1 aliphatic heterocycles. The Labute approximate surface area is 191 Å². The zero-order valence-corrected chi connectivity index (χ0v) is 18.5. The number of amides is 2. The van der Waals surface area contributed by atoms with E-state index in [0.717, 1.165) is 22.3 Å². The van der Waals surface area contributed by atoms with Gasteiger partial charge in [0.15, 0.2) is 9.84 Å². The highest BCUT2D eigenvalue weighted by atomic mass is 32.2. The molecule has 2 amide bonds. The van der Waals surface area contributed by atoms with E-state index in [1.807, 2.05) is 48.5 Å². The van der Waals surface area contributed by atoms with Gasteiger partial charge in [-0.25, -0.2) is 13.2 Å². The minimum absolute atomic E-state index is 0.0172. The van der Waals surface area contributed by atoms with E-state index >= 15 is 0 Å². The van der Waals surface area contributed by atoms with E-state index < -0.39 is 40.3 Å². The molecule has 1 heterocycles. The monoisotopic (exact) mass is 472 g/mol. The molecule has 3 N–H and O–H groups in total. The molecule has 33 heavy (non-hydrogen) atoms. The van der Waals surface area contributed by atoms with Crippen LogP contribution in [0.2, 0.25) is 0 Å². The number of nitrogens with one attached hydrogen (secondary N) is 2. The topological polar surface area (TPSA) is 139 Å². The summed E-state index contributed by atoms with van der Waals surface area (Å²) in [5.41, 5.74) is 4.20. The normalized spacial score (nSPS) is 17.2. The van der Waals surface area contributed by atoms with E-state index in [1.165, 1.54) is 0 Å². The summed E-state index contributed by atoms with van der Waals surface area (Å²) in [5, 5.41) is 14.0. The summed E-state index contributed by atoms with van der Waals surface area (Å²) < 4.78 is 27.9. The van der Waals surface area contributed by atoms with Crippen LogP contribution in [0.5, 0.6) is 0 Å². The molecular formula is C23H24N2O7S. The summed E-state index contributed by atoms with van der Waals surface area (Å²) in [6.45, 7) is 0.127. The van der Waals surface area contributed by atoms with Gasteiger partial charge in [0.25, 0.3) is 0 Å². The number of alkyl carbamates (subject to hydrolysis) is 1. The van der Waals surface area contributed by atoms with Crippen LogP contribution in [-0.4, -0.2) is 62.2 Å². The zero-order chi connectivity index (χ0) is 23.6. The van der Waals surface area contributed by atoms with Gasteiger partial charge in [-0.3, -0.25) is 9.59 Å². The smallest absolute Gasteiger partial charge is 0.407 e. The summed E-state index contributed by atoms with van der Waals surface area (Å²) in [4.78, 5) is 36.0. The molecule has 2 aromatic rings. The number of carbonyl (C=O) groups is 3. The summed E-state index contributed by atoms with van der Waals surface area (Å²) in [6.07, 6.45) is -1.52. The average Bonchev–Trinajstić information content (AvgIpc) is 3.07. The van der Waals surface area contributed by atoms with Crippen LogP contribution >= 0.6 is 0 Å². The third-order valence-corrected chi connectivity index (χ3v) is 7.83. The Bertz CT molecular complexity index is 1140. The van der Waals surface area contributed by atoms with Crippen molar-refractivity contribution in [1.29, 1.82) is 0 Å². The van der Waals surface area contributed by atoms with Gasteiger partial charge in [-0.05, 0) is 22.3 Å². The third-order valence-electron chi connectivity index (χ3n) is 5.88. The molecule has 1 atom stereocenters. The number of rotatable bonds is 8. The lowest BCUT2D eigenvalue weighted by molar-refractivity contribution is -0.139. The fourth-order valence-electron chi connectivity index (χ4n) is 4.32. The highest BCUT2D eigenvalue weighted by Gasteiger charge is 2.34. The highest BCUT2D eigenvalue weighted by molar-refractivity contribution is 7.92. The molecule has 174 valence electrons. The van der Waals surface area contributed by atoms with Gasteiger partial charge in [0.1, 0.15) is 12.6 Å². The number of hydrogen-bond donors (Lipinski definition) is 3. The summed E-state index contributed by atoms with van der Waals surface area (Å²) in [6, 6.07) is 14.3. The largest absolute Gasteiger partial charge is 0.481 e. The number of carboxylic acids is 1. The second-order valence-corrected chi connectivity index (χ2v) is 10.5. The van der Waals surface area contributed by atoms with Gasteiger partial charge in [-0.1, -0.05) is 48.5 Å². The number of ether oxygens (including phenoxy) is 1. The van der Waals surface area contributed by atoms with E-state index in [1.54, 1.807) is 0 Å². The quantitative estimate of drug-likeness (QED) is 0.529. The highest BCUT2D eigenvalue weighted by Crippen LogP contribution is 2.44. The molecule has 1 unspecified atom stereocenters. The maximum atomic E-state index is 12.4. The minimum atomic E-state index is -3.03. The van der Waals surface area contributed by atoms with Crippen LogP contribution in [-0.2, 0) is 24.2 Å². The van der Waals surface area contributed by atoms with Gasteiger partial charge < -0.3 is 20.5 Å². The molecule has 10 heteroatoms. The second kappa shape index (κ2) is 9.22. The molecule has 2 aliphatic rings. The first-order valence-corrected chi connectivity index (χ1v) is 12.4. The lowest BCUT2D eigenvalue weighted by atomic mass is 9.98. The van der Waals surface area contributed by atoms with Gasteiger partial charge in [-0.2, -0.15) is 0 Å². The van der Waals surface area contributed by atoms with Crippen LogP contribution in [0.1, 0.15) is 23.5 Å². The Morgan fingerprint density at radius 3 is 2.12 bits per heavy atom. The first kappa shape index (κ1) is 22.8. The Hall–Kier alpha value is -3.40. The summed E-state index contributed by atoms with van der Waals surface area (Å²) in [5.74, 6) is -2.38. The molecule has 0 radical (unpaired) electrons. The third kappa shape index (κ3) is 5.16. The predicted octanol–water partition coefficient (Wildman–Crippen LogP) is 1.53. The maximum absolute atomic E-state index is 12.4. The molecule has 2 aromatic carbocycles. The van der Waals surface area contributed by atoms with Crippen molar-refractivity contribution in [1.82, 2.24) is 10.6 Å². The van der Waals surface area contributed by atoms with Gasteiger partial charge in [0.05, 0.1) is 17.9 Å². The number of hydrogen-bond acceptors (Lipinski definition) is 6. The van der Waals surface area contributed by atoms with Crippen LogP contribution in [0.15, 0.2) is 48.5 Å². The van der Waals surface area contributed by atoms with Crippen LogP contribution < -0.4 is 10.6 Å². The van der Waals surface area contributed by atoms with Gasteiger partial charge >= 0.3 is 12.1 Å². The standard InChI is InChI=1S/C23H24N2O7S/c26-21(27)9-20(22(28)24-10-14-12-33(30,31)13-14)25-23(29)32-11-19-17-7-3-1-5-15(17)16-6-2-4-8-18(16)19/h1-8,14,19-20H,9-13H2,(H,24,28)(H,25,29)(H,26,27). The first-order valence-electron chi connectivity index (χ1n) is 10.5. The van der Waals surface area contributed by atoms with Crippen molar-refractivity contribution in [3.05, 3.63) is 59.7 Å². The molecule has 1 fully saturated rings. The van der Waals surface area contributed by atoms with Gasteiger partial charge in [-0.15, -0.1) is 0 Å². The zero-order valence-electron chi connectivity index (χ0n) is 17.7. The van der Waals surface area contributed by atoms with Crippen LogP contribution in [0.25, 0.3) is 11.1 Å². The Morgan fingerprint density at radius 2 is 1.58 bits per heavy atom. The molecule has 4 rings (SSSR count). The molecular weight excluding hydrogens is 448 g/mol. The van der Waals surface area contributed by atoms with Crippen LogP contribution in [0, 0.1) is 5.92 Å². The van der Waals surface area contributed by atoms with E-state index in [-0.39, 0.29) is 36.5 Å². The van der Waals surface area contributed by atoms with Crippen molar-refractivity contribution in [2.24, 2.45) is 5.92 Å². The average molecular weight is 473 g/mol. The molecule has 0 aromatic heterocycles. The number of benzene rings is 2. The van der Waals surface area contributed by atoms with Gasteiger partial charge in [0.2, 0.25) is 5.91 Å². The Kier molecular flexibility index (Phi) is 6.37. The Balaban J connectivity index is 1.36. The fourth-order valence-corrected chi connectivity index (χ4v) is 5.90. The molecule has 0 saturated carbocycles. The summed E-state index contributed by atoms with van der Waals surface area (Å²) >= 11 is 0. The second-order valence-electron chi connectivity index (χ2n) is 8.31.